The number of rotatable bonds is 15. The van der Waals surface area contributed by atoms with E-state index in [-0.39, 0.29) is 32.7 Å². The largest absolute Gasteiger partial charge is 0.427 e. The summed E-state index contributed by atoms with van der Waals surface area (Å²) in [7, 11) is 0. The molecule has 0 unspecified atom stereocenters. The van der Waals surface area contributed by atoms with Crippen molar-refractivity contribution in [2.24, 2.45) is 16.2 Å². The molecule has 0 aliphatic carbocycles. The molecule has 0 bridgehead atoms. The molecule has 0 heterocycles. The molecule has 0 aliphatic heterocycles. The van der Waals surface area contributed by atoms with Crippen LogP contribution < -0.4 is 16.0 Å². The summed E-state index contributed by atoms with van der Waals surface area (Å²) in [5.41, 5.74) is -2.25. The zero-order valence-corrected chi connectivity index (χ0v) is 26.7. The van der Waals surface area contributed by atoms with E-state index in [9.17, 15) is 28.8 Å². The summed E-state index contributed by atoms with van der Waals surface area (Å²) in [6.07, 6.45) is -2.44. The van der Waals surface area contributed by atoms with Gasteiger partial charge in [0.15, 0.2) is 0 Å². The molecule has 0 aliphatic rings. The minimum absolute atomic E-state index is 0.00245. The van der Waals surface area contributed by atoms with E-state index in [0.29, 0.717) is 6.54 Å². The molecule has 16 heteroatoms. The quantitative estimate of drug-likeness (QED) is 0.104. The maximum Gasteiger partial charge on any atom is 0.412 e. The van der Waals surface area contributed by atoms with Crippen molar-refractivity contribution in [1.82, 2.24) is 20.9 Å². The van der Waals surface area contributed by atoms with Crippen molar-refractivity contribution in [3.8, 4) is 0 Å². The number of carbonyl (C=O) groups is 6. The number of hydrogen-bond donors (Lipinski definition) is 3. The number of carbonyl (C=O) groups excluding carboxylic acids is 6. The highest BCUT2D eigenvalue weighted by atomic mass is 16.7. The molecule has 0 saturated heterocycles. The lowest BCUT2D eigenvalue weighted by atomic mass is 9.97. The fourth-order valence-electron chi connectivity index (χ4n) is 2.43. The van der Waals surface area contributed by atoms with Crippen LogP contribution in [0, 0.1) is 16.2 Å². The van der Waals surface area contributed by atoms with Crippen LogP contribution in [0.3, 0.4) is 0 Å². The van der Waals surface area contributed by atoms with Crippen LogP contribution in [-0.2, 0) is 42.8 Å². The maximum absolute atomic E-state index is 12.6. The molecule has 0 aromatic heterocycles. The molecule has 0 aromatic carbocycles. The van der Waals surface area contributed by atoms with Crippen molar-refractivity contribution < 1.29 is 57.2 Å². The first kappa shape index (κ1) is 39.2. The van der Waals surface area contributed by atoms with Gasteiger partial charge in [-0.3, -0.25) is 14.4 Å². The molecule has 0 fully saturated rings. The molecule has 0 atom stereocenters. The number of hydrogen-bond acceptors (Lipinski definition) is 13. The average Bonchev–Trinajstić information content (AvgIpc) is 2.87. The zero-order chi connectivity index (χ0) is 33.3. The first-order valence-corrected chi connectivity index (χ1v) is 13.7. The Balaban J connectivity index is 4.60. The van der Waals surface area contributed by atoms with Crippen LogP contribution in [0.25, 0.3) is 0 Å². The molecule has 3 amide bonds. The van der Waals surface area contributed by atoms with E-state index in [2.05, 4.69) is 16.0 Å². The van der Waals surface area contributed by atoms with Crippen LogP contribution in [0.15, 0.2) is 0 Å². The third-order valence-corrected chi connectivity index (χ3v) is 5.01. The number of nitrogens with one attached hydrogen (secondary N) is 3. The lowest BCUT2D eigenvalue weighted by molar-refractivity contribution is -0.162. The summed E-state index contributed by atoms with van der Waals surface area (Å²) < 4.78 is 29.3. The SMILES string of the molecule is CC(C)(C)C(=O)OCOC(=O)NCCNCCN(CCNC(=O)OCOC(=O)C(C)(C)C)C(=O)OCOC(=O)C(C)(C)C. The smallest absolute Gasteiger partial charge is 0.412 e. The van der Waals surface area contributed by atoms with Gasteiger partial charge in [0, 0.05) is 39.3 Å². The fourth-order valence-corrected chi connectivity index (χ4v) is 2.43. The zero-order valence-electron chi connectivity index (χ0n) is 26.7. The molecular weight excluding hydrogens is 572 g/mol. The van der Waals surface area contributed by atoms with Crippen LogP contribution in [0.2, 0.25) is 0 Å². The number of amides is 3. The van der Waals surface area contributed by atoms with Crippen molar-refractivity contribution in [3.63, 3.8) is 0 Å². The highest BCUT2D eigenvalue weighted by molar-refractivity contribution is 5.76. The Morgan fingerprint density at radius 3 is 1.28 bits per heavy atom. The van der Waals surface area contributed by atoms with Crippen LogP contribution in [0.1, 0.15) is 62.3 Å². The summed E-state index contributed by atoms with van der Waals surface area (Å²) in [6.45, 7) is 14.1. The van der Waals surface area contributed by atoms with Crippen molar-refractivity contribution in [1.29, 1.82) is 0 Å². The second-order valence-corrected chi connectivity index (χ2v) is 12.3. The molecule has 16 nitrogen and oxygen atoms in total. The van der Waals surface area contributed by atoms with E-state index < -0.39 is 72.8 Å². The number of esters is 3. The van der Waals surface area contributed by atoms with Gasteiger partial charge in [0.05, 0.1) is 16.2 Å². The number of alkyl carbamates (subject to hydrolysis) is 2. The van der Waals surface area contributed by atoms with Gasteiger partial charge in [0.2, 0.25) is 20.4 Å². The summed E-state index contributed by atoms with van der Waals surface area (Å²) in [6, 6.07) is 0. The fraction of sp³-hybridized carbons (Fsp3) is 0.778. The lowest BCUT2D eigenvalue weighted by Gasteiger charge is -2.23. The van der Waals surface area contributed by atoms with Crippen LogP contribution in [-0.4, -0.2) is 101 Å². The Morgan fingerprint density at radius 1 is 0.488 bits per heavy atom. The maximum atomic E-state index is 12.6. The number of ether oxygens (including phenoxy) is 6. The molecule has 0 rings (SSSR count). The Morgan fingerprint density at radius 2 is 0.860 bits per heavy atom. The molecule has 0 saturated carbocycles. The topological polar surface area (TPSA) is 197 Å². The van der Waals surface area contributed by atoms with Crippen molar-refractivity contribution in [3.05, 3.63) is 0 Å². The molecule has 3 N–H and O–H groups in total. The van der Waals surface area contributed by atoms with E-state index in [1.54, 1.807) is 62.3 Å². The van der Waals surface area contributed by atoms with Crippen LogP contribution in [0.5, 0.6) is 0 Å². The molecular formula is C27H48N4O12. The highest BCUT2D eigenvalue weighted by Gasteiger charge is 2.25. The second-order valence-electron chi connectivity index (χ2n) is 12.3. The van der Waals surface area contributed by atoms with Gasteiger partial charge in [-0.05, 0) is 62.3 Å². The van der Waals surface area contributed by atoms with Gasteiger partial charge in [-0.2, -0.15) is 0 Å². The summed E-state index contributed by atoms with van der Waals surface area (Å²) in [5, 5.41) is 7.92. The summed E-state index contributed by atoms with van der Waals surface area (Å²) >= 11 is 0. The minimum Gasteiger partial charge on any atom is -0.427 e. The predicted octanol–water partition coefficient (Wildman–Crippen LogP) is 2.11. The predicted molar refractivity (Wildman–Crippen MR) is 151 cm³/mol. The molecule has 0 spiro atoms. The van der Waals surface area contributed by atoms with Gasteiger partial charge in [-0.25, -0.2) is 14.4 Å². The van der Waals surface area contributed by atoms with Crippen molar-refractivity contribution >= 4 is 36.2 Å². The van der Waals surface area contributed by atoms with Gasteiger partial charge in [0.1, 0.15) is 0 Å². The second kappa shape index (κ2) is 18.7. The number of nitrogens with zero attached hydrogens (tertiary/aromatic N) is 1. The van der Waals surface area contributed by atoms with E-state index in [4.69, 9.17) is 28.4 Å². The van der Waals surface area contributed by atoms with E-state index in [1.165, 1.54) is 4.90 Å². The molecule has 0 aromatic rings. The molecule has 0 radical (unpaired) electrons. The Hall–Kier alpha value is -3.82. The molecule has 43 heavy (non-hydrogen) atoms. The Labute approximate surface area is 252 Å². The monoisotopic (exact) mass is 620 g/mol. The van der Waals surface area contributed by atoms with E-state index >= 15 is 0 Å². The van der Waals surface area contributed by atoms with Crippen LogP contribution >= 0.6 is 0 Å². The third-order valence-electron chi connectivity index (χ3n) is 5.01. The van der Waals surface area contributed by atoms with Gasteiger partial charge in [-0.15, -0.1) is 0 Å². The Bertz CT molecular complexity index is 936. The van der Waals surface area contributed by atoms with Gasteiger partial charge >= 0.3 is 36.2 Å². The summed E-state index contributed by atoms with van der Waals surface area (Å²) in [5.74, 6) is -1.60. The average molecular weight is 621 g/mol. The molecule has 248 valence electrons. The van der Waals surface area contributed by atoms with Gasteiger partial charge in [0.25, 0.3) is 0 Å². The van der Waals surface area contributed by atoms with E-state index in [1.807, 2.05) is 0 Å². The first-order chi connectivity index (χ1) is 19.7. The van der Waals surface area contributed by atoms with E-state index in [0.717, 1.165) is 0 Å². The van der Waals surface area contributed by atoms with Gasteiger partial charge < -0.3 is 49.3 Å². The normalized spacial score (nSPS) is 11.5. The van der Waals surface area contributed by atoms with Crippen LogP contribution in [0.4, 0.5) is 14.4 Å². The van der Waals surface area contributed by atoms with Crippen molar-refractivity contribution in [2.45, 2.75) is 62.3 Å². The standard InChI is InChI=1S/C27H48N4O12/c1-25(2,3)19(32)38-16-41-22(35)29-11-10-28-12-14-31(24(37)43-18-40-21(34)27(7,8)9)15-13-30-23(36)42-17-39-20(33)26(4,5)6/h28H,10-18H2,1-9H3,(H,29,35)(H,30,36). The first-order valence-electron chi connectivity index (χ1n) is 13.7. The lowest BCUT2D eigenvalue weighted by Crippen LogP contribution is -2.43. The minimum atomic E-state index is -0.863. The highest BCUT2D eigenvalue weighted by Crippen LogP contribution is 2.16. The van der Waals surface area contributed by atoms with Gasteiger partial charge in [-0.1, -0.05) is 0 Å². The Kier molecular flexibility index (Phi) is 17.0. The van der Waals surface area contributed by atoms with Crippen molar-refractivity contribution in [2.75, 3.05) is 59.6 Å². The third kappa shape index (κ3) is 19.1. The summed E-state index contributed by atoms with van der Waals surface area (Å²) in [4.78, 5) is 72.7.